The monoisotopic (exact) mass is 497 g/mol. The quantitative estimate of drug-likeness (QED) is 0.302. The summed E-state index contributed by atoms with van der Waals surface area (Å²) in [5.41, 5.74) is 8.57. The highest BCUT2D eigenvalue weighted by molar-refractivity contribution is 9.10. The van der Waals surface area contributed by atoms with Crippen LogP contribution in [0.1, 0.15) is 58.3 Å². The normalized spacial score (nSPS) is 17.9. The molecule has 3 nitrogen and oxygen atoms in total. The third-order valence-corrected chi connectivity index (χ3v) is 7.98. The molecule has 33 heavy (non-hydrogen) atoms. The van der Waals surface area contributed by atoms with Gasteiger partial charge >= 0.3 is 0 Å². The zero-order valence-corrected chi connectivity index (χ0v) is 20.6. The van der Waals surface area contributed by atoms with E-state index in [4.69, 9.17) is 0 Å². The summed E-state index contributed by atoms with van der Waals surface area (Å²) in [4.78, 5) is 15.2. The van der Waals surface area contributed by atoms with E-state index >= 15 is 0 Å². The fourth-order valence-electron chi connectivity index (χ4n) is 5.83. The number of anilines is 1. The van der Waals surface area contributed by atoms with Crippen LogP contribution in [0.2, 0.25) is 0 Å². The lowest BCUT2D eigenvalue weighted by Crippen LogP contribution is -2.27. The first-order valence-corrected chi connectivity index (χ1v) is 12.0. The average Bonchev–Trinajstić information content (AvgIpc) is 3.17. The van der Waals surface area contributed by atoms with E-state index in [1.165, 1.54) is 32.4 Å². The number of carbonyl (C=O) groups is 1. The van der Waals surface area contributed by atoms with Crippen LogP contribution in [0.15, 0.2) is 65.1 Å². The maximum absolute atomic E-state index is 13.7. The minimum absolute atomic E-state index is 0.150. The third kappa shape index (κ3) is 2.62. The van der Waals surface area contributed by atoms with Gasteiger partial charge < -0.3 is 5.11 Å². The fraction of sp³-hybridized carbons (Fsp3) is 0.207. The highest BCUT2D eigenvalue weighted by Gasteiger charge is 2.46. The minimum Gasteiger partial charge on any atom is -0.369 e. The Bertz CT molecular complexity index is 1500. The van der Waals surface area contributed by atoms with Crippen LogP contribution < -0.4 is 4.90 Å². The Morgan fingerprint density at radius 3 is 2.15 bits per heavy atom. The number of aryl methyl sites for hydroxylation is 2. The number of amides is 1. The Kier molecular flexibility index (Phi) is 4.24. The van der Waals surface area contributed by atoms with E-state index in [2.05, 4.69) is 73.1 Å². The van der Waals surface area contributed by atoms with Crippen LogP contribution in [0.5, 0.6) is 0 Å². The lowest BCUT2D eigenvalue weighted by Gasteiger charge is -2.23. The van der Waals surface area contributed by atoms with Crippen LogP contribution in [-0.2, 0) is 5.41 Å². The molecule has 0 saturated carbocycles. The Hall–Kier alpha value is -2.95. The number of hydrogen-bond acceptors (Lipinski definition) is 2. The molecule has 1 amide bonds. The third-order valence-electron chi connectivity index (χ3n) is 7.45. The number of carbonyl (C=O) groups excluding carboxylic acids is 1. The van der Waals surface area contributed by atoms with Crippen LogP contribution >= 0.6 is 15.9 Å². The molecule has 1 aliphatic heterocycles. The second-order valence-corrected chi connectivity index (χ2v) is 10.6. The van der Waals surface area contributed by atoms with Crippen molar-refractivity contribution in [2.45, 2.75) is 39.3 Å². The summed E-state index contributed by atoms with van der Waals surface area (Å²) in [6.45, 7) is 8.63. The van der Waals surface area contributed by atoms with Crippen molar-refractivity contribution in [2.75, 3.05) is 4.90 Å². The molecule has 6 rings (SSSR count). The van der Waals surface area contributed by atoms with Crippen molar-refractivity contribution in [3.63, 3.8) is 0 Å². The first kappa shape index (κ1) is 20.6. The Morgan fingerprint density at radius 2 is 1.45 bits per heavy atom. The molecule has 0 radical (unpaired) electrons. The fourth-order valence-corrected chi connectivity index (χ4v) is 6.10. The van der Waals surface area contributed by atoms with Crippen LogP contribution in [0, 0.1) is 13.8 Å². The maximum Gasteiger partial charge on any atom is 0.261 e. The molecular formula is C29H24BrNO2. The van der Waals surface area contributed by atoms with Gasteiger partial charge in [-0.1, -0.05) is 66.2 Å². The first-order valence-electron chi connectivity index (χ1n) is 11.2. The van der Waals surface area contributed by atoms with Gasteiger partial charge in [-0.15, -0.1) is 0 Å². The highest BCUT2D eigenvalue weighted by Crippen LogP contribution is 2.57. The van der Waals surface area contributed by atoms with Gasteiger partial charge in [-0.25, -0.2) is 0 Å². The Morgan fingerprint density at radius 1 is 0.848 bits per heavy atom. The zero-order chi connectivity index (χ0) is 23.2. The van der Waals surface area contributed by atoms with Crippen LogP contribution in [0.3, 0.4) is 0 Å². The van der Waals surface area contributed by atoms with Gasteiger partial charge in [0.2, 0.25) is 0 Å². The summed E-state index contributed by atoms with van der Waals surface area (Å²) >= 11 is 3.46. The number of aliphatic hydroxyl groups is 1. The molecule has 1 aliphatic carbocycles. The standard InChI is InChI=1S/C29H24BrNO2/c1-15-13-21-24(20-8-6-5-7-19(15)20)25-22(29(21,3)4)14-16(2)23-26(25)28(33)31(27(23)32)18-11-9-17(30)10-12-18/h5-14,28,33H,1-4H3. The maximum atomic E-state index is 13.7. The van der Waals surface area contributed by atoms with Crippen molar-refractivity contribution in [1.82, 2.24) is 0 Å². The smallest absolute Gasteiger partial charge is 0.261 e. The van der Waals surface area contributed by atoms with Gasteiger partial charge in [-0.3, -0.25) is 9.69 Å². The largest absolute Gasteiger partial charge is 0.369 e. The lowest BCUT2D eigenvalue weighted by molar-refractivity contribution is 0.0935. The predicted octanol–water partition coefficient (Wildman–Crippen LogP) is 7.18. The van der Waals surface area contributed by atoms with Crippen molar-refractivity contribution >= 4 is 38.3 Å². The number of halogens is 1. The number of rotatable bonds is 1. The van der Waals surface area contributed by atoms with Crippen LogP contribution in [-0.4, -0.2) is 11.0 Å². The van der Waals surface area contributed by atoms with Gasteiger partial charge in [0, 0.05) is 21.1 Å². The summed E-state index contributed by atoms with van der Waals surface area (Å²) in [5, 5.41) is 14.0. The topological polar surface area (TPSA) is 40.5 Å². The molecule has 1 atom stereocenters. The van der Waals surface area contributed by atoms with E-state index in [-0.39, 0.29) is 11.3 Å². The van der Waals surface area contributed by atoms with Crippen LogP contribution in [0.4, 0.5) is 5.69 Å². The van der Waals surface area contributed by atoms with E-state index in [1.807, 2.05) is 31.2 Å². The molecule has 164 valence electrons. The molecule has 4 aromatic carbocycles. The van der Waals surface area contributed by atoms with Crippen molar-refractivity contribution in [2.24, 2.45) is 0 Å². The number of nitrogens with zero attached hydrogens (tertiary/aromatic N) is 1. The molecule has 0 aromatic heterocycles. The molecule has 0 bridgehead atoms. The van der Waals surface area contributed by atoms with E-state index in [1.54, 1.807) is 0 Å². The Labute approximate surface area is 201 Å². The summed E-state index contributed by atoms with van der Waals surface area (Å²) in [5.74, 6) is -0.150. The molecule has 2 aliphatic rings. The summed E-state index contributed by atoms with van der Waals surface area (Å²) < 4.78 is 0.930. The number of fused-ring (bicyclic) bond motifs is 7. The van der Waals surface area contributed by atoms with E-state index < -0.39 is 6.23 Å². The van der Waals surface area contributed by atoms with Gasteiger partial charge in [-0.2, -0.15) is 0 Å². The molecule has 1 unspecified atom stereocenters. The zero-order valence-electron chi connectivity index (χ0n) is 19.0. The molecule has 4 heteroatoms. The molecular weight excluding hydrogens is 474 g/mol. The summed E-state index contributed by atoms with van der Waals surface area (Å²) in [6.07, 6.45) is -1.04. The first-order chi connectivity index (χ1) is 15.7. The average molecular weight is 498 g/mol. The van der Waals surface area contributed by atoms with Gasteiger partial charge in [0.05, 0.1) is 5.56 Å². The van der Waals surface area contributed by atoms with Crippen molar-refractivity contribution in [3.05, 3.63) is 98.5 Å². The molecule has 1 heterocycles. The Balaban J connectivity index is 1.70. The van der Waals surface area contributed by atoms with E-state index in [0.717, 1.165) is 26.7 Å². The minimum atomic E-state index is -1.04. The van der Waals surface area contributed by atoms with E-state index in [9.17, 15) is 9.90 Å². The van der Waals surface area contributed by atoms with Gasteiger partial charge in [0.15, 0.2) is 6.23 Å². The SMILES string of the molecule is Cc1cc2c(c3c1C(=O)N(c1ccc(Br)cc1)C3O)-c1c(cc(C)c3ccccc13)C2(C)C. The summed E-state index contributed by atoms with van der Waals surface area (Å²) in [7, 11) is 0. The van der Waals surface area contributed by atoms with Crippen molar-refractivity contribution in [3.8, 4) is 11.1 Å². The number of benzene rings is 4. The summed E-state index contributed by atoms with van der Waals surface area (Å²) in [6, 6.07) is 20.4. The number of aliphatic hydroxyl groups excluding tert-OH is 1. The van der Waals surface area contributed by atoms with Crippen molar-refractivity contribution in [1.29, 1.82) is 0 Å². The molecule has 1 N–H and O–H groups in total. The predicted molar refractivity (Wildman–Crippen MR) is 137 cm³/mol. The molecule has 0 spiro atoms. The van der Waals surface area contributed by atoms with Gasteiger partial charge in [-0.05, 0) is 82.3 Å². The molecule has 0 saturated heterocycles. The second kappa shape index (κ2) is 6.78. The molecule has 4 aromatic rings. The van der Waals surface area contributed by atoms with E-state index in [0.29, 0.717) is 11.3 Å². The highest BCUT2D eigenvalue weighted by atomic mass is 79.9. The lowest BCUT2D eigenvalue weighted by atomic mass is 9.80. The van der Waals surface area contributed by atoms with Crippen LogP contribution in [0.25, 0.3) is 21.9 Å². The molecule has 0 fully saturated rings. The van der Waals surface area contributed by atoms with Crippen molar-refractivity contribution < 1.29 is 9.90 Å². The van der Waals surface area contributed by atoms with Gasteiger partial charge in [0.1, 0.15) is 0 Å². The van der Waals surface area contributed by atoms with Gasteiger partial charge in [0.25, 0.3) is 5.91 Å². The second-order valence-electron chi connectivity index (χ2n) is 9.72. The number of hydrogen-bond donors (Lipinski definition) is 1.